The fourth-order valence-corrected chi connectivity index (χ4v) is 4.75. The zero-order valence-electron chi connectivity index (χ0n) is 15.5. The van der Waals surface area contributed by atoms with Crippen molar-refractivity contribution in [2.75, 3.05) is 36.8 Å². The topological polar surface area (TPSA) is 65.5 Å². The lowest BCUT2D eigenvalue weighted by Gasteiger charge is -2.37. The van der Waals surface area contributed by atoms with Crippen LogP contribution in [0.2, 0.25) is 5.02 Å². The summed E-state index contributed by atoms with van der Waals surface area (Å²) in [6.07, 6.45) is 2.99. The van der Waals surface area contributed by atoms with Gasteiger partial charge in [-0.15, -0.1) is 0 Å². The molecule has 3 rings (SSSR count). The first-order valence-electron chi connectivity index (χ1n) is 8.73. The standard InChI is InChI=1S/C18H21ClF2N4O2S/c1-24(2)12-6-9-25(10-7-12)14-11-13(20)18(17(21)16(14)19)28(26,27)23-15-5-3-4-8-22-15/h3-5,8,11-12H,6-7,9-10H2,1-2H3,(H,22,23). The Hall–Kier alpha value is -1.97. The SMILES string of the molecule is CN(C)C1CCN(c2cc(F)c(S(=O)(=O)Nc3ccccn3)c(F)c2Cl)CC1. The number of anilines is 2. The Morgan fingerprint density at radius 3 is 2.50 bits per heavy atom. The molecule has 1 N–H and O–H groups in total. The normalized spacial score (nSPS) is 15.9. The maximum Gasteiger partial charge on any atom is 0.268 e. The fraction of sp³-hybridized carbons (Fsp3) is 0.389. The van der Waals surface area contributed by atoms with E-state index >= 15 is 0 Å². The van der Waals surface area contributed by atoms with Crippen LogP contribution < -0.4 is 9.62 Å². The van der Waals surface area contributed by atoms with E-state index in [0.717, 1.165) is 18.9 Å². The molecule has 2 heterocycles. The molecule has 0 aliphatic carbocycles. The Kier molecular flexibility index (Phi) is 6.07. The van der Waals surface area contributed by atoms with Crippen molar-refractivity contribution < 1.29 is 17.2 Å². The van der Waals surface area contributed by atoms with Crippen molar-refractivity contribution in [3.63, 3.8) is 0 Å². The number of halogens is 3. The third-order valence-electron chi connectivity index (χ3n) is 4.81. The molecule has 1 fully saturated rings. The molecule has 0 radical (unpaired) electrons. The highest BCUT2D eigenvalue weighted by Gasteiger charge is 2.31. The Balaban J connectivity index is 1.91. The fourth-order valence-electron chi connectivity index (χ4n) is 3.28. The summed E-state index contributed by atoms with van der Waals surface area (Å²) in [5.41, 5.74) is 0.158. The second-order valence-corrected chi connectivity index (χ2v) is 8.83. The molecule has 1 aliphatic rings. The zero-order valence-corrected chi connectivity index (χ0v) is 17.1. The lowest BCUT2D eigenvalue weighted by atomic mass is 10.0. The molecule has 0 atom stereocenters. The van der Waals surface area contributed by atoms with Crippen LogP contribution in [0.4, 0.5) is 20.3 Å². The molecule has 0 saturated carbocycles. The lowest BCUT2D eigenvalue weighted by molar-refractivity contribution is 0.249. The summed E-state index contributed by atoms with van der Waals surface area (Å²) < 4.78 is 56.6. The van der Waals surface area contributed by atoms with Crippen LogP contribution in [0.3, 0.4) is 0 Å². The van der Waals surface area contributed by atoms with Gasteiger partial charge in [0.05, 0.1) is 5.69 Å². The monoisotopic (exact) mass is 430 g/mol. The number of piperidine rings is 1. The number of hydrogen-bond acceptors (Lipinski definition) is 5. The predicted octanol–water partition coefficient (Wildman–Crippen LogP) is 3.34. The highest BCUT2D eigenvalue weighted by molar-refractivity contribution is 7.92. The van der Waals surface area contributed by atoms with Crippen molar-refractivity contribution >= 4 is 33.1 Å². The summed E-state index contributed by atoms with van der Waals surface area (Å²) >= 11 is 6.11. The van der Waals surface area contributed by atoms with Gasteiger partial charge < -0.3 is 9.80 Å². The van der Waals surface area contributed by atoms with Gasteiger partial charge in [-0.05, 0) is 39.1 Å². The van der Waals surface area contributed by atoms with Gasteiger partial charge in [0.25, 0.3) is 10.0 Å². The molecule has 1 saturated heterocycles. The minimum absolute atomic E-state index is 0.0488. The number of sulfonamides is 1. The molecule has 0 spiro atoms. The van der Waals surface area contributed by atoms with E-state index in [2.05, 4.69) is 14.6 Å². The summed E-state index contributed by atoms with van der Waals surface area (Å²) in [6.45, 7) is 1.14. The minimum Gasteiger partial charge on any atom is -0.370 e. The third-order valence-corrected chi connectivity index (χ3v) is 6.55. The zero-order chi connectivity index (χ0) is 20.5. The van der Waals surface area contributed by atoms with E-state index in [1.807, 2.05) is 14.1 Å². The second-order valence-electron chi connectivity index (χ2n) is 6.84. The molecule has 0 bridgehead atoms. The van der Waals surface area contributed by atoms with E-state index in [9.17, 15) is 17.2 Å². The van der Waals surface area contributed by atoms with E-state index in [0.29, 0.717) is 19.1 Å². The van der Waals surface area contributed by atoms with Crippen LogP contribution >= 0.6 is 11.6 Å². The van der Waals surface area contributed by atoms with Gasteiger partial charge in [0, 0.05) is 31.4 Å². The van der Waals surface area contributed by atoms with Gasteiger partial charge in [-0.2, -0.15) is 0 Å². The quantitative estimate of drug-likeness (QED) is 0.737. The molecule has 28 heavy (non-hydrogen) atoms. The molecule has 0 amide bonds. The molecule has 152 valence electrons. The first kappa shape index (κ1) is 20.8. The van der Waals surface area contributed by atoms with Gasteiger partial charge in [-0.25, -0.2) is 22.2 Å². The number of rotatable bonds is 5. The Morgan fingerprint density at radius 1 is 1.25 bits per heavy atom. The summed E-state index contributed by atoms with van der Waals surface area (Å²) in [5.74, 6) is -2.56. The van der Waals surface area contributed by atoms with Gasteiger partial charge in [0.2, 0.25) is 0 Å². The Labute approximate surface area is 168 Å². The molecule has 10 heteroatoms. The van der Waals surface area contributed by atoms with E-state index in [1.165, 1.54) is 12.3 Å². The first-order valence-corrected chi connectivity index (χ1v) is 10.6. The van der Waals surface area contributed by atoms with Crippen LogP contribution in [0.15, 0.2) is 35.4 Å². The van der Waals surface area contributed by atoms with Crippen molar-refractivity contribution in [2.45, 2.75) is 23.8 Å². The molecule has 2 aromatic rings. The van der Waals surface area contributed by atoms with Gasteiger partial charge in [-0.1, -0.05) is 17.7 Å². The van der Waals surface area contributed by atoms with E-state index in [-0.39, 0.29) is 11.5 Å². The van der Waals surface area contributed by atoms with Crippen LogP contribution in [0.25, 0.3) is 0 Å². The lowest BCUT2D eigenvalue weighted by Crippen LogP contribution is -2.42. The largest absolute Gasteiger partial charge is 0.370 e. The molecule has 1 aromatic heterocycles. The highest BCUT2D eigenvalue weighted by atomic mass is 35.5. The van der Waals surface area contributed by atoms with E-state index in [4.69, 9.17) is 11.6 Å². The summed E-state index contributed by atoms with van der Waals surface area (Å²) in [7, 11) is -0.563. The summed E-state index contributed by atoms with van der Waals surface area (Å²) in [4.78, 5) is 6.57. The minimum atomic E-state index is -4.54. The van der Waals surface area contributed by atoms with Crippen molar-refractivity contribution in [3.05, 3.63) is 47.1 Å². The van der Waals surface area contributed by atoms with Gasteiger partial charge in [0.15, 0.2) is 10.7 Å². The second kappa shape index (κ2) is 8.18. The predicted molar refractivity (Wildman–Crippen MR) is 105 cm³/mol. The summed E-state index contributed by atoms with van der Waals surface area (Å²) in [6, 6.07) is 5.87. The third kappa shape index (κ3) is 4.21. The smallest absolute Gasteiger partial charge is 0.268 e. The summed E-state index contributed by atoms with van der Waals surface area (Å²) in [5, 5.41) is -0.411. The van der Waals surface area contributed by atoms with Crippen molar-refractivity contribution in [1.29, 1.82) is 0 Å². The van der Waals surface area contributed by atoms with Gasteiger partial charge >= 0.3 is 0 Å². The van der Waals surface area contributed by atoms with Crippen molar-refractivity contribution in [1.82, 2.24) is 9.88 Å². The molecule has 1 aliphatic heterocycles. The highest BCUT2D eigenvalue weighted by Crippen LogP contribution is 2.36. The van der Waals surface area contributed by atoms with Gasteiger partial charge in [0.1, 0.15) is 16.7 Å². The number of benzene rings is 1. The molecular weight excluding hydrogens is 410 g/mol. The van der Waals surface area contributed by atoms with Crippen LogP contribution in [-0.2, 0) is 10.0 Å². The van der Waals surface area contributed by atoms with Crippen LogP contribution in [0, 0.1) is 11.6 Å². The number of nitrogens with one attached hydrogen (secondary N) is 1. The van der Waals surface area contributed by atoms with Crippen molar-refractivity contribution in [3.8, 4) is 0 Å². The first-order chi connectivity index (χ1) is 13.2. The number of aromatic nitrogens is 1. The van der Waals surface area contributed by atoms with E-state index in [1.54, 1.807) is 17.0 Å². The average Bonchev–Trinajstić information content (AvgIpc) is 2.65. The maximum absolute atomic E-state index is 14.8. The number of hydrogen-bond donors (Lipinski definition) is 1. The van der Waals surface area contributed by atoms with Crippen molar-refractivity contribution in [2.24, 2.45) is 0 Å². The Bertz CT molecular complexity index is 950. The number of pyridine rings is 1. The average molecular weight is 431 g/mol. The molecule has 1 aromatic carbocycles. The van der Waals surface area contributed by atoms with Crippen LogP contribution in [0.5, 0.6) is 0 Å². The Morgan fingerprint density at radius 2 is 1.93 bits per heavy atom. The van der Waals surface area contributed by atoms with Crippen LogP contribution in [-0.4, -0.2) is 51.5 Å². The van der Waals surface area contributed by atoms with Crippen LogP contribution in [0.1, 0.15) is 12.8 Å². The molecule has 6 nitrogen and oxygen atoms in total. The van der Waals surface area contributed by atoms with Gasteiger partial charge in [-0.3, -0.25) is 4.72 Å². The maximum atomic E-state index is 14.8. The van der Waals surface area contributed by atoms with E-state index < -0.39 is 31.6 Å². The molecular formula is C18H21ClF2N4O2S. The molecule has 0 unspecified atom stereocenters. The number of nitrogens with zero attached hydrogens (tertiary/aromatic N) is 3.